The molecule has 0 fully saturated rings. The summed E-state index contributed by atoms with van der Waals surface area (Å²) in [6.45, 7) is 0. The Hall–Kier alpha value is -0.980. The molecule has 0 radical (unpaired) electrons. The van der Waals surface area contributed by atoms with Crippen LogP contribution in [0.15, 0.2) is 69.9 Å². The van der Waals surface area contributed by atoms with Gasteiger partial charge in [0, 0.05) is 11.5 Å². The third kappa shape index (κ3) is 2.15. The van der Waals surface area contributed by atoms with Crippen LogP contribution in [0.4, 0.5) is 0 Å². The molecule has 18 heavy (non-hydrogen) atoms. The number of rotatable bonds is 0. The Balaban J connectivity index is 2.11. The predicted molar refractivity (Wildman–Crippen MR) is 78.9 cm³/mol. The van der Waals surface area contributed by atoms with Crippen LogP contribution in [0.25, 0.3) is 0 Å². The van der Waals surface area contributed by atoms with E-state index in [1.807, 2.05) is 0 Å². The Bertz CT molecular complexity index is 554. The zero-order valence-electron chi connectivity index (χ0n) is 10.00. The second-order valence-corrected chi connectivity index (χ2v) is 5.69. The van der Waals surface area contributed by atoms with Crippen molar-refractivity contribution in [2.45, 2.75) is 24.6 Å². The van der Waals surface area contributed by atoms with Crippen LogP contribution in [0.3, 0.4) is 0 Å². The Morgan fingerprint density at radius 3 is 2.94 bits per heavy atom. The topological polar surface area (TPSA) is 0 Å². The fraction of sp³-hybridized carbons (Fsp3) is 0.250. The monoisotopic (exact) mass is 276 g/mol. The standard InChI is InChI=1S/C16H14Cl2/c17-15-7-3-5-11-8-9-16(18)13-6-2-1-4-12(13)10-14(11)15/h1-3,5-6,8,10,16H,4,7,9H2/b11-8?,12-10-. The highest BCUT2D eigenvalue weighted by Crippen LogP contribution is 2.36. The number of alkyl halides is 1. The molecular formula is C16H14Cl2. The first-order chi connectivity index (χ1) is 8.75. The Labute approximate surface area is 118 Å². The van der Waals surface area contributed by atoms with E-state index in [4.69, 9.17) is 23.2 Å². The minimum Gasteiger partial charge on any atom is -0.117 e. The van der Waals surface area contributed by atoms with Gasteiger partial charge in [-0.1, -0.05) is 48.1 Å². The Morgan fingerprint density at radius 2 is 2.06 bits per heavy atom. The summed E-state index contributed by atoms with van der Waals surface area (Å²) in [5, 5.41) is 0.988. The fourth-order valence-corrected chi connectivity index (χ4v) is 3.11. The second kappa shape index (κ2) is 4.95. The second-order valence-electron chi connectivity index (χ2n) is 4.71. The van der Waals surface area contributed by atoms with Crippen LogP contribution in [-0.4, -0.2) is 5.38 Å². The highest BCUT2D eigenvalue weighted by molar-refractivity contribution is 6.30. The molecule has 1 atom stereocenters. The number of hydrogen-bond donors (Lipinski definition) is 0. The maximum absolute atomic E-state index is 6.47. The highest BCUT2D eigenvalue weighted by Gasteiger charge is 2.20. The molecule has 1 unspecified atom stereocenters. The third-order valence-electron chi connectivity index (χ3n) is 3.52. The molecule has 0 spiro atoms. The van der Waals surface area contributed by atoms with Crippen molar-refractivity contribution in [2.24, 2.45) is 0 Å². The van der Waals surface area contributed by atoms with E-state index in [-0.39, 0.29) is 5.38 Å². The normalized spacial score (nSPS) is 29.4. The third-order valence-corrected chi connectivity index (χ3v) is 4.29. The first-order valence-corrected chi connectivity index (χ1v) is 7.04. The molecule has 3 rings (SSSR count). The molecule has 0 amide bonds. The molecule has 3 aliphatic rings. The van der Waals surface area contributed by atoms with E-state index in [1.54, 1.807) is 0 Å². The van der Waals surface area contributed by atoms with E-state index in [1.165, 1.54) is 22.3 Å². The highest BCUT2D eigenvalue weighted by atomic mass is 35.5. The summed E-state index contributed by atoms with van der Waals surface area (Å²) in [6, 6.07) is 0. The first kappa shape index (κ1) is 12.1. The van der Waals surface area contributed by atoms with Gasteiger partial charge in [0.15, 0.2) is 0 Å². The van der Waals surface area contributed by atoms with Crippen molar-refractivity contribution in [3.05, 3.63) is 69.9 Å². The minimum absolute atomic E-state index is 0.0596. The summed E-state index contributed by atoms with van der Waals surface area (Å²) < 4.78 is 0. The van der Waals surface area contributed by atoms with E-state index in [0.717, 1.165) is 24.3 Å². The zero-order valence-corrected chi connectivity index (χ0v) is 11.5. The van der Waals surface area contributed by atoms with Gasteiger partial charge in [-0.3, -0.25) is 0 Å². The van der Waals surface area contributed by atoms with E-state index >= 15 is 0 Å². The van der Waals surface area contributed by atoms with Gasteiger partial charge in [0.25, 0.3) is 0 Å². The van der Waals surface area contributed by atoms with Crippen LogP contribution in [0.2, 0.25) is 0 Å². The van der Waals surface area contributed by atoms with Gasteiger partial charge in [-0.15, -0.1) is 11.6 Å². The van der Waals surface area contributed by atoms with Crippen molar-refractivity contribution < 1.29 is 0 Å². The maximum atomic E-state index is 6.47. The molecule has 0 nitrogen and oxygen atoms in total. The minimum atomic E-state index is 0.0596. The van der Waals surface area contributed by atoms with Crippen LogP contribution < -0.4 is 0 Å². The quantitative estimate of drug-likeness (QED) is 0.534. The molecule has 0 saturated heterocycles. The molecule has 0 heterocycles. The first-order valence-electron chi connectivity index (χ1n) is 6.23. The largest absolute Gasteiger partial charge is 0.117 e. The van der Waals surface area contributed by atoms with Gasteiger partial charge in [-0.05, 0) is 41.2 Å². The lowest BCUT2D eigenvalue weighted by atomic mass is 9.86. The zero-order chi connectivity index (χ0) is 12.5. The number of hydrogen-bond acceptors (Lipinski definition) is 0. The molecule has 0 aromatic rings. The van der Waals surface area contributed by atoms with E-state index in [9.17, 15) is 0 Å². The molecule has 0 aromatic carbocycles. The van der Waals surface area contributed by atoms with Gasteiger partial charge >= 0.3 is 0 Å². The average Bonchev–Trinajstić information content (AvgIpc) is 2.38. The molecule has 0 aliphatic heterocycles. The van der Waals surface area contributed by atoms with E-state index < -0.39 is 0 Å². The van der Waals surface area contributed by atoms with Gasteiger partial charge in [-0.2, -0.15) is 0 Å². The molecule has 0 aromatic heterocycles. The molecule has 0 saturated carbocycles. The van der Waals surface area contributed by atoms with Crippen LogP contribution >= 0.6 is 23.2 Å². The van der Waals surface area contributed by atoms with Gasteiger partial charge in [-0.25, -0.2) is 0 Å². The molecule has 0 bridgehead atoms. The number of halogens is 2. The van der Waals surface area contributed by atoms with Crippen LogP contribution in [-0.2, 0) is 0 Å². The fourth-order valence-electron chi connectivity index (χ4n) is 2.56. The lowest BCUT2D eigenvalue weighted by Crippen LogP contribution is -2.10. The molecule has 3 aliphatic carbocycles. The predicted octanol–water partition coefficient (Wildman–Crippen LogP) is 5.19. The van der Waals surface area contributed by atoms with Crippen molar-refractivity contribution in [1.29, 1.82) is 0 Å². The summed E-state index contributed by atoms with van der Waals surface area (Å²) in [6.07, 6.45) is 17.7. The summed E-state index contributed by atoms with van der Waals surface area (Å²) >= 11 is 12.8. The SMILES string of the molecule is ClC1=C2/C=C3/CC=CC=C3C(Cl)CC=C2C=CC1. The van der Waals surface area contributed by atoms with Crippen molar-refractivity contribution in [1.82, 2.24) is 0 Å². The summed E-state index contributed by atoms with van der Waals surface area (Å²) in [7, 11) is 0. The van der Waals surface area contributed by atoms with Crippen LogP contribution in [0, 0.1) is 0 Å². The summed E-state index contributed by atoms with van der Waals surface area (Å²) in [5.74, 6) is 0. The molecule has 92 valence electrons. The summed E-state index contributed by atoms with van der Waals surface area (Å²) in [4.78, 5) is 0. The lowest BCUT2D eigenvalue weighted by Gasteiger charge is -2.23. The van der Waals surface area contributed by atoms with Gasteiger partial charge in [0.05, 0.1) is 5.38 Å². The van der Waals surface area contributed by atoms with E-state index in [0.29, 0.717) is 0 Å². The van der Waals surface area contributed by atoms with Gasteiger partial charge in [0.1, 0.15) is 0 Å². The summed E-state index contributed by atoms with van der Waals surface area (Å²) in [5.41, 5.74) is 4.91. The van der Waals surface area contributed by atoms with Crippen LogP contribution in [0.1, 0.15) is 19.3 Å². The molecule has 2 heteroatoms. The van der Waals surface area contributed by atoms with Crippen molar-refractivity contribution in [3.63, 3.8) is 0 Å². The van der Waals surface area contributed by atoms with Crippen molar-refractivity contribution in [3.8, 4) is 0 Å². The number of fused-ring (bicyclic) bond motifs is 2. The van der Waals surface area contributed by atoms with Crippen LogP contribution in [0.5, 0.6) is 0 Å². The smallest absolute Gasteiger partial charge is 0.0622 e. The maximum Gasteiger partial charge on any atom is 0.0622 e. The van der Waals surface area contributed by atoms with E-state index in [2.05, 4.69) is 42.5 Å². The molecular weight excluding hydrogens is 263 g/mol. The van der Waals surface area contributed by atoms with Crippen molar-refractivity contribution >= 4 is 23.2 Å². The van der Waals surface area contributed by atoms with Gasteiger partial charge in [0.2, 0.25) is 0 Å². The molecule has 0 N–H and O–H groups in total. The Kier molecular flexibility index (Phi) is 3.32. The number of allylic oxidation sites excluding steroid dienone is 12. The Morgan fingerprint density at radius 1 is 1.17 bits per heavy atom. The van der Waals surface area contributed by atoms with Gasteiger partial charge < -0.3 is 0 Å². The lowest BCUT2D eigenvalue weighted by molar-refractivity contribution is 0.954. The van der Waals surface area contributed by atoms with Crippen molar-refractivity contribution in [2.75, 3.05) is 0 Å². The average molecular weight is 277 g/mol.